The average molecular weight is 322 g/mol. The quantitative estimate of drug-likeness (QED) is 0.790. The summed E-state index contributed by atoms with van der Waals surface area (Å²) in [5.41, 5.74) is 1.57. The summed E-state index contributed by atoms with van der Waals surface area (Å²) in [6, 6.07) is 9.12. The summed E-state index contributed by atoms with van der Waals surface area (Å²) in [4.78, 5) is 2.39. The van der Waals surface area contributed by atoms with E-state index in [-0.39, 0.29) is 0 Å². The predicted octanol–water partition coefficient (Wildman–Crippen LogP) is 4.53. The summed E-state index contributed by atoms with van der Waals surface area (Å²) < 4.78 is 1.20. The number of fused-ring (bicyclic) bond motifs is 3. The zero-order valence-corrected chi connectivity index (χ0v) is 13.6. The molecule has 0 heterocycles. The minimum absolute atomic E-state index is 0.794. The highest BCUT2D eigenvalue weighted by molar-refractivity contribution is 9.10. The molecule has 0 radical (unpaired) electrons. The lowest BCUT2D eigenvalue weighted by Crippen LogP contribution is -2.43. The lowest BCUT2D eigenvalue weighted by molar-refractivity contribution is 0.0507. The fraction of sp³-hybridized carbons (Fsp3) is 0.647. The van der Waals surface area contributed by atoms with Gasteiger partial charge in [0.15, 0.2) is 0 Å². The summed E-state index contributed by atoms with van der Waals surface area (Å²) in [7, 11) is 4.45. The first-order valence-electron chi connectivity index (χ1n) is 7.55. The molecule has 104 valence electrons. The minimum atomic E-state index is 0.794. The molecule has 0 spiro atoms. The van der Waals surface area contributed by atoms with Gasteiger partial charge in [-0.3, -0.25) is 0 Å². The molecular formula is C17H24BrN. The van der Waals surface area contributed by atoms with Crippen LogP contribution < -0.4 is 0 Å². The van der Waals surface area contributed by atoms with E-state index < -0.39 is 0 Å². The molecule has 0 aromatic heterocycles. The molecule has 2 unspecified atom stereocenters. The Kier molecular flexibility index (Phi) is 4.00. The molecule has 1 nitrogen and oxygen atoms in total. The molecule has 2 heteroatoms. The van der Waals surface area contributed by atoms with Gasteiger partial charge in [0.2, 0.25) is 0 Å². The highest BCUT2D eigenvalue weighted by Gasteiger charge is 2.43. The largest absolute Gasteiger partial charge is 0.309 e. The van der Waals surface area contributed by atoms with Gasteiger partial charge in [-0.2, -0.15) is 0 Å². The van der Waals surface area contributed by atoms with Gasteiger partial charge in [0.25, 0.3) is 0 Å². The van der Waals surface area contributed by atoms with E-state index in [4.69, 9.17) is 0 Å². The third-order valence-corrected chi connectivity index (χ3v) is 5.75. The van der Waals surface area contributed by atoms with Crippen LogP contribution in [0.4, 0.5) is 0 Å². The van der Waals surface area contributed by atoms with Crippen LogP contribution in [0.2, 0.25) is 0 Å². The Labute approximate surface area is 125 Å². The number of hydrogen-bond donors (Lipinski definition) is 0. The first kappa shape index (κ1) is 13.6. The molecule has 0 amide bonds. The Morgan fingerprint density at radius 1 is 1.00 bits per heavy atom. The normalized spacial score (nSPS) is 33.9. The lowest BCUT2D eigenvalue weighted by Gasteiger charge is -2.50. The van der Waals surface area contributed by atoms with E-state index in [0.29, 0.717) is 0 Å². The van der Waals surface area contributed by atoms with Crippen LogP contribution in [-0.2, 0) is 0 Å². The van der Waals surface area contributed by atoms with Gasteiger partial charge in [-0.1, -0.05) is 28.1 Å². The third kappa shape index (κ3) is 2.75. The second kappa shape index (κ2) is 5.57. The van der Waals surface area contributed by atoms with Gasteiger partial charge in [-0.25, -0.2) is 0 Å². The Balaban J connectivity index is 1.89. The molecule has 0 aliphatic heterocycles. The number of hydrogen-bond acceptors (Lipinski definition) is 1. The Bertz CT molecular complexity index is 417. The van der Waals surface area contributed by atoms with Gasteiger partial charge in [-0.05, 0) is 81.1 Å². The Morgan fingerprint density at radius 2 is 1.58 bits per heavy atom. The van der Waals surface area contributed by atoms with E-state index >= 15 is 0 Å². The molecule has 1 aromatic rings. The van der Waals surface area contributed by atoms with Crippen molar-refractivity contribution < 1.29 is 0 Å². The van der Waals surface area contributed by atoms with E-state index in [2.05, 4.69) is 59.2 Å². The van der Waals surface area contributed by atoms with Gasteiger partial charge in [0.1, 0.15) is 0 Å². The smallest absolute Gasteiger partial charge is 0.0175 e. The zero-order valence-electron chi connectivity index (χ0n) is 12.0. The summed E-state index contributed by atoms with van der Waals surface area (Å²) in [6.45, 7) is 1.25. The third-order valence-electron chi connectivity index (χ3n) is 5.22. The van der Waals surface area contributed by atoms with Gasteiger partial charge in [0, 0.05) is 11.0 Å². The summed E-state index contributed by atoms with van der Waals surface area (Å²) >= 11 is 3.56. The van der Waals surface area contributed by atoms with E-state index in [1.807, 2.05) is 0 Å². The van der Waals surface area contributed by atoms with E-state index in [9.17, 15) is 0 Å². The fourth-order valence-corrected chi connectivity index (χ4v) is 4.73. The van der Waals surface area contributed by atoms with E-state index in [1.165, 1.54) is 36.7 Å². The molecule has 0 saturated heterocycles. The maximum Gasteiger partial charge on any atom is 0.0175 e. The van der Waals surface area contributed by atoms with Crippen molar-refractivity contribution in [2.45, 2.75) is 31.6 Å². The maximum absolute atomic E-state index is 3.56. The van der Waals surface area contributed by atoms with Crippen molar-refractivity contribution in [2.75, 3.05) is 20.6 Å². The molecule has 2 bridgehead atoms. The van der Waals surface area contributed by atoms with Crippen molar-refractivity contribution in [1.82, 2.24) is 4.90 Å². The lowest BCUT2D eigenvalue weighted by atomic mass is 9.57. The van der Waals surface area contributed by atoms with Crippen molar-refractivity contribution in [3.8, 4) is 0 Å². The van der Waals surface area contributed by atoms with Crippen LogP contribution in [-0.4, -0.2) is 25.5 Å². The molecule has 3 aliphatic carbocycles. The van der Waals surface area contributed by atoms with Gasteiger partial charge in [-0.15, -0.1) is 0 Å². The molecule has 3 saturated carbocycles. The predicted molar refractivity (Wildman–Crippen MR) is 84.4 cm³/mol. The average Bonchev–Trinajstić information content (AvgIpc) is 2.41. The van der Waals surface area contributed by atoms with Gasteiger partial charge >= 0.3 is 0 Å². The number of benzene rings is 1. The van der Waals surface area contributed by atoms with Crippen molar-refractivity contribution in [2.24, 2.45) is 17.8 Å². The van der Waals surface area contributed by atoms with Gasteiger partial charge in [0.05, 0.1) is 0 Å². The minimum Gasteiger partial charge on any atom is -0.309 e. The van der Waals surface area contributed by atoms with Crippen LogP contribution in [0.5, 0.6) is 0 Å². The van der Waals surface area contributed by atoms with Crippen molar-refractivity contribution >= 4 is 15.9 Å². The first-order valence-corrected chi connectivity index (χ1v) is 8.34. The highest BCUT2D eigenvalue weighted by atomic mass is 79.9. The van der Waals surface area contributed by atoms with Crippen LogP contribution >= 0.6 is 15.9 Å². The molecule has 0 N–H and O–H groups in total. The molecule has 3 aliphatic rings. The maximum atomic E-state index is 3.56. The molecule has 2 atom stereocenters. The van der Waals surface area contributed by atoms with Crippen LogP contribution in [0.25, 0.3) is 0 Å². The van der Waals surface area contributed by atoms with E-state index in [1.54, 1.807) is 5.56 Å². The van der Waals surface area contributed by atoms with Crippen LogP contribution in [0.1, 0.15) is 37.2 Å². The van der Waals surface area contributed by atoms with Gasteiger partial charge < -0.3 is 4.90 Å². The molecular weight excluding hydrogens is 298 g/mol. The van der Waals surface area contributed by atoms with Crippen molar-refractivity contribution in [3.05, 3.63) is 34.3 Å². The summed E-state index contributed by atoms with van der Waals surface area (Å²) in [6.07, 6.45) is 5.84. The number of halogens is 1. The number of nitrogens with zero attached hydrogens (tertiary/aromatic N) is 1. The van der Waals surface area contributed by atoms with Crippen molar-refractivity contribution in [1.29, 1.82) is 0 Å². The second-order valence-corrected chi connectivity index (χ2v) is 7.59. The SMILES string of the molecule is CN(C)CC1C2CCC(CC2)C1c1ccc(Br)cc1. The Morgan fingerprint density at radius 3 is 2.16 bits per heavy atom. The van der Waals surface area contributed by atoms with Crippen LogP contribution in [0.3, 0.4) is 0 Å². The van der Waals surface area contributed by atoms with Crippen LogP contribution in [0.15, 0.2) is 28.7 Å². The topological polar surface area (TPSA) is 3.24 Å². The number of rotatable bonds is 3. The zero-order chi connectivity index (χ0) is 13.4. The second-order valence-electron chi connectivity index (χ2n) is 6.68. The summed E-state index contributed by atoms with van der Waals surface area (Å²) in [5, 5.41) is 0. The molecule has 4 rings (SSSR count). The first-order chi connectivity index (χ1) is 9.15. The molecule has 3 fully saturated rings. The molecule has 19 heavy (non-hydrogen) atoms. The molecule has 1 aromatic carbocycles. The Hall–Kier alpha value is -0.340. The van der Waals surface area contributed by atoms with Crippen LogP contribution in [0, 0.1) is 17.8 Å². The monoisotopic (exact) mass is 321 g/mol. The van der Waals surface area contributed by atoms with Crippen molar-refractivity contribution in [3.63, 3.8) is 0 Å². The standard InChI is InChI=1S/C17H24BrN/c1-19(2)11-16-12-3-5-13(6-4-12)17(16)14-7-9-15(18)10-8-14/h7-10,12-13,16-17H,3-6,11H2,1-2H3. The summed E-state index contributed by atoms with van der Waals surface area (Å²) in [5.74, 6) is 3.55. The van der Waals surface area contributed by atoms with E-state index in [0.717, 1.165) is 23.7 Å². The fourth-order valence-electron chi connectivity index (χ4n) is 4.46. The highest BCUT2D eigenvalue weighted by Crippen LogP contribution is 2.53.